The van der Waals surface area contributed by atoms with Gasteiger partial charge < -0.3 is 63.9 Å². The Morgan fingerprint density at radius 2 is 0.939 bits per heavy atom. The smallest absolute Gasteiger partial charge is 0.329 e. The quantitative estimate of drug-likeness (QED) is 0.0296. The molecule has 0 radical (unpaired) electrons. The van der Waals surface area contributed by atoms with Crippen LogP contribution in [-0.4, -0.2) is 91.3 Å². The van der Waals surface area contributed by atoms with Crippen LogP contribution in [0.1, 0.15) is 62.6 Å². The van der Waals surface area contributed by atoms with Gasteiger partial charge in [0.05, 0.1) is 42.7 Å². The second kappa shape index (κ2) is 29.1. The minimum absolute atomic E-state index is 0.0987. The molecule has 66 heavy (non-hydrogen) atoms. The van der Waals surface area contributed by atoms with Crippen LogP contribution in [-0.2, 0) is 48.4 Å². The van der Waals surface area contributed by atoms with Crippen LogP contribution < -0.4 is 49.7 Å². The zero-order chi connectivity index (χ0) is 48.3. The third kappa shape index (κ3) is 17.7. The number of benzene rings is 4. The normalized spacial score (nSPS) is 11.2. The number of anilines is 1. The maximum Gasteiger partial charge on any atom is 0.329 e. The van der Waals surface area contributed by atoms with E-state index < -0.39 is 42.1 Å². The minimum Gasteiger partial charge on any atom is -0.497 e. The number of ether oxygens (including phenoxy) is 9. The summed E-state index contributed by atoms with van der Waals surface area (Å²) in [6.07, 6.45) is 0.382. The molecule has 4 amide bonds. The molecule has 358 valence electrons. The van der Waals surface area contributed by atoms with Gasteiger partial charge in [0.2, 0.25) is 0 Å². The molecule has 4 N–H and O–H groups in total. The van der Waals surface area contributed by atoms with Gasteiger partial charge in [-0.15, -0.1) is 0 Å². The summed E-state index contributed by atoms with van der Waals surface area (Å²) in [6.45, 7) is 3.70. The number of amides is 4. The lowest BCUT2D eigenvalue weighted by atomic mass is 10.1. The van der Waals surface area contributed by atoms with Crippen LogP contribution in [0.4, 0.5) is 15.3 Å². The van der Waals surface area contributed by atoms with Crippen molar-refractivity contribution in [3.05, 3.63) is 102 Å². The highest BCUT2D eigenvalue weighted by Crippen LogP contribution is 2.28. The standard InChI is InChI=1S/C46H56N4O14.C2H6/c1-56-34-18-15-30(39(24-34)59-4)27-62-42(51)22-21-38(44(53)64-29-32-17-20-36(58-3)26-41(32)61-6)50-46(55)49-37(14-10-11-23-47-45(54)48-33-12-8-7-9-13-33)43(52)63-28-31-16-19-35(57-2)25-40(31)60-5;1-2/h7-9,12-13,15-20,24-26,37-38H,10-11,14,21-23,27-29H2,1-6H3,(H2,47,48,54)(H2,49,50,55);1-2H3. The van der Waals surface area contributed by atoms with Gasteiger partial charge in [-0.05, 0) is 74.2 Å². The first-order valence-electron chi connectivity index (χ1n) is 21.3. The van der Waals surface area contributed by atoms with Crippen molar-refractivity contribution in [1.29, 1.82) is 0 Å². The number of carbonyl (C=O) groups excluding carboxylic acids is 5. The van der Waals surface area contributed by atoms with Gasteiger partial charge in [-0.1, -0.05) is 32.0 Å². The molecule has 0 aromatic heterocycles. The Labute approximate surface area is 385 Å². The SMILES string of the molecule is CC.COc1ccc(COC(=O)CCC(NC(=O)NC(CCCCNC(=O)Nc2ccccc2)C(=O)OCc2ccc(OC)cc2OC)C(=O)OCc2ccc(OC)cc2OC)c(OC)c1. The number of nitrogens with one attached hydrogen (secondary N) is 4. The second-order valence-corrected chi connectivity index (χ2v) is 13.9. The van der Waals surface area contributed by atoms with Crippen LogP contribution in [0.2, 0.25) is 0 Å². The molecule has 0 aliphatic heterocycles. The highest BCUT2D eigenvalue weighted by molar-refractivity contribution is 5.89. The molecule has 18 nitrogen and oxygen atoms in total. The van der Waals surface area contributed by atoms with E-state index in [0.29, 0.717) is 69.7 Å². The molecule has 2 atom stereocenters. The molecule has 0 bridgehead atoms. The molecular weight excluding hydrogens is 857 g/mol. The van der Waals surface area contributed by atoms with Crippen molar-refractivity contribution >= 4 is 35.7 Å². The summed E-state index contributed by atoms with van der Waals surface area (Å²) < 4.78 is 48.7. The molecule has 4 aromatic carbocycles. The van der Waals surface area contributed by atoms with Gasteiger partial charge in [-0.2, -0.15) is 0 Å². The molecule has 0 fully saturated rings. The van der Waals surface area contributed by atoms with Crippen molar-refractivity contribution in [2.45, 2.75) is 77.9 Å². The minimum atomic E-state index is -1.38. The Hall–Kier alpha value is -7.37. The number of hydrogen-bond acceptors (Lipinski definition) is 14. The van der Waals surface area contributed by atoms with Crippen LogP contribution >= 0.6 is 0 Å². The Morgan fingerprint density at radius 3 is 1.38 bits per heavy atom. The summed E-state index contributed by atoms with van der Waals surface area (Å²) in [4.78, 5) is 66.4. The van der Waals surface area contributed by atoms with E-state index in [0.717, 1.165) is 0 Å². The van der Waals surface area contributed by atoms with E-state index in [9.17, 15) is 24.0 Å². The van der Waals surface area contributed by atoms with Crippen molar-refractivity contribution < 1.29 is 66.6 Å². The van der Waals surface area contributed by atoms with E-state index >= 15 is 0 Å². The van der Waals surface area contributed by atoms with E-state index in [1.54, 1.807) is 78.9 Å². The number of esters is 3. The maximum atomic E-state index is 13.7. The van der Waals surface area contributed by atoms with Crippen molar-refractivity contribution in [2.24, 2.45) is 0 Å². The van der Waals surface area contributed by atoms with Crippen LogP contribution in [0.3, 0.4) is 0 Å². The average Bonchev–Trinajstić information content (AvgIpc) is 3.35. The average molecular weight is 919 g/mol. The number of rotatable bonds is 25. The first kappa shape index (κ1) is 53.0. The van der Waals surface area contributed by atoms with Crippen LogP contribution in [0.25, 0.3) is 0 Å². The second-order valence-electron chi connectivity index (χ2n) is 13.9. The van der Waals surface area contributed by atoms with Gasteiger partial charge in [0.25, 0.3) is 0 Å². The summed E-state index contributed by atoms with van der Waals surface area (Å²) in [5.41, 5.74) is 2.26. The van der Waals surface area contributed by atoms with Crippen molar-refractivity contribution in [2.75, 3.05) is 54.5 Å². The van der Waals surface area contributed by atoms with E-state index in [2.05, 4.69) is 21.3 Å². The third-order valence-electron chi connectivity index (χ3n) is 9.66. The number of urea groups is 2. The first-order valence-corrected chi connectivity index (χ1v) is 21.3. The van der Waals surface area contributed by atoms with E-state index in [1.165, 1.54) is 42.7 Å². The van der Waals surface area contributed by atoms with Gasteiger partial charge >= 0.3 is 30.0 Å². The zero-order valence-electron chi connectivity index (χ0n) is 38.8. The summed E-state index contributed by atoms with van der Waals surface area (Å²) in [6, 6.07) is 20.0. The number of methoxy groups -OCH3 is 6. The van der Waals surface area contributed by atoms with Crippen molar-refractivity contribution in [1.82, 2.24) is 16.0 Å². The van der Waals surface area contributed by atoms with E-state index in [-0.39, 0.29) is 45.6 Å². The summed E-state index contributed by atoms with van der Waals surface area (Å²) >= 11 is 0. The van der Waals surface area contributed by atoms with Gasteiger partial charge in [-0.25, -0.2) is 19.2 Å². The number of para-hydroxylation sites is 1. The Morgan fingerprint density at radius 1 is 0.500 bits per heavy atom. The van der Waals surface area contributed by atoms with Crippen LogP contribution in [0.15, 0.2) is 84.9 Å². The van der Waals surface area contributed by atoms with Gasteiger partial charge in [-0.3, -0.25) is 4.79 Å². The van der Waals surface area contributed by atoms with Crippen LogP contribution in [0, 0.1) is 0 Å². The summed E-state index contributed by atoms with van der Waals surface area (Å²) in [5.74, 6) is 0.564. The number of carbonyl (C=O) groups is 5. The predicted octanol–water partition coefficient (Wildman–Crippen LogP) is 7.10. The summed E-state index contributed by atoms with van der Waals surface area (Å²) in [5, 5.41) is 10.7. The lowest BCUT2D eigenvalue weighted by Crippen LogP contribution is -2.51. The lowest BCUT2D eigenvalue weighted by Gasteiger charge is -2.22. The molecule has 0 saturated carbocycles. The predicted molar refractivity (Wildman–Crippen MR) is 245 cm³/mol. The Balaban J connectivity index is 0.00000570. The fourth-order valence-corrected chi connectivity index (χ4v) is 6.13. The molecule has 2 unspecified atom stereocenters. The zero-order valence-corrected chi connectivity index (χ0v) is 38.8. The molecule has 4 aromatic rings. The Bertz CT molecular complexity index is 2150. The van der Waals surface area contributed by atoms with Crippen LogP contribution in [0.5, 0.6) is 34.5 Å². The van der Waals surface area contributed by atoms with Crippen molar-refractivity contribution in [3.63, 3.8) is 0 Å². The number of hydrogen-bond donors (Lipinski definition) is 4. The molecule has 0 saturated heterocycles. The third-order valence-corrected chi connectivity index (χ3v) is 9.66. The largest absolute Gasteiger partial charge is 0.497 e. The maximum absolute atomic E-state index is 13.7. The summed E-state index contributed by atoms with van der Waals surface area (Å²) in [7, 11) is 8.92. The van der Waals surface area contributed by atoms with Gasteiger partial charge in [0.15, 0.2) is 0 Å². The fourth-order valence-electron chi connectivity index (χ4n) is 6.13. The molecule has 18 heteroatoms. The molecular formula is C48H62N4O14. The molecule has 0 aliphatic carbocycles. The number of unbranched alkanes of at least 4 members (excludes halogenated alkanes) is 1. The highest BCUT2D eigenvalue weighted by atomic mass is 16.5. The molecule has 0 aliphatic rings. The molecule has 4 rings (SSSR count). The lowest BCUT2D eigenvalue weighted by molar-refractivity contribution is -0.149. The van der Waals surface area contributed by atoms with Crippen molar-refractivity contribution in [3.8, 4) is 34.5 Å². The molecule has 0 heterocycles. The van der Waals surface area contributed by atoms with E-state index in [1.807, 2.05) is 19.9 Å². The topological polar surface area (TPSA) is 217 Å². The Kier molecular flexibility index (Phi) is 23.4. The van der Waals surface area contributed by atoms with Gasteiger partial charge in [0, 0.05) is 53.5 Å². The first-order chi connectivity index (χ1) is 32.0. The van der Waals surface area contributed by atoms with E-state index in [4.69, 9.17) is 42.6 Å². The van der Waals surface area contributed by atoms with Gasteiger partial charge in [0.1, 0.15) is 66.4 Å². The fraction of sp³-hybridized carbons (Fsp3) is 0.396. The monoisotopic (exact) mass is 918 g/mol. The highest BCUT2D eigenvalue weighted by Gasteiger charge is 2.28. The molecule has 0 spiro atoms.